The van der Waals surface area contributed by atoms with Gasteiger partial charge in [0, 0.05) is 23.7 Å². The number of nitrogens with zero attached hydrogens (tertiary/aromatic N) is 2. The van der Waals surface area contributed by atoms with Crippen molar-refractivity contribution in [1.29, 1.82) is 0 Å². The number of benzene rings is 1. The second kappa shape index (κ2) is 8.64. The van der Waals surface area contributed by atoms with Gasteiger partial charge in [-0.15, -0.1) is 15.7 Å². The predicted octanol–water partition coefficient (Wildman–Crippen LogP) is 3.44. The summed E-state index contributed by atoms with van der Waals surface area (Å²) in [7, 11) is -3.89. The lowest BCUT2D eigenvalue weighted by molar-refractivity contribution is -0.128. The molecular formula is C17H16ClN3O4S3. The Morgan fingerprint density at radius 2 is 2.00 bits per heavy atom. The maximum Gasteiger partial charge on any atom is 0.294 e. The van der Waals surface area contributed by atoms with Gasteiger partial charge in [0.15, 0.2) is 5.17 Å². The van der Waals surface area contributed by atoms with Crippen LogP contribution in [0.1, 0.15) is 13.3 Å². The lowest BCUT2D eigenvalue weighted by atomic mass is 10.2. The van der Waals surface area contributed by atoms with Crippen LogP contribution in [0.2, 0.25) is 5.02 Å². The average Bonchev–Trinajstić information content (AvgIpc) is 3.27. The summed E-state index contributed by atoms with van der Waals surface area (Å²) < 4.78 is 28.7. The third kappa shape index (κ3) is 4.75. The first kappa shape index (κ1) is 20.8. The van der Waals surface area contributed by atoms with Gasteiger partial charge in [0.1, 0.15) is 9.46 Å². The Morgan fingerprint density at radius 3 is 2.61 bits per heavy atom. The van der Waals surface area contributed by atoms with Crippen LogP contribution < -0.4 is 5.32 Å². The number of anilines is 1. The zero-order valence-corrected chi connectivity index (χ0v) is 17.9. The molecule has 0 saturated carbocycles. The molecule has 1 aromatic carbocycles. The highest BCUT2D eigenvalue weighted by Gasteiger charge is 2.39. The molecule has 2 heterocycles. The van der Waals surface area contributed by atoms with Crippen molar-refractivity contribution in [1.82, 2.24) is 4.90 Å². The number of amides is 2. The fraction of sp³-hybridized carbons (Fsp3) is 0.235. The largest absolute Gasteiger partial charge is 0.326 e. The lowest BCUT2D eigenvalue weighted by Crippen LogP contribution is -2.33. The van der Waals surface area contributed by atoms with Gasteiger partial charge in [-0.25, -0.2) is 0 Å². The van der Waals surface area contributed by atoms with Crippen molar-refractivity contribution in [2.45, 2.75) is 22.8 Å². The Hall–Kier alpha value is -1.88. The van der Waals surface area contributed by atoms with E-state index in [-0.39, 0.29) is 34.2 Å². The van der Waals surface area contributed by atoms with Crippen molar-refractivity contribution in [3.8, 4) is 0 Å². The van der Waals surface area contributed by atoms with E-state index < -0.39 is 15.3 Å². The van der Waals surface area contributed by atoms with Crippen molar-refractivity contribution < 1.29 is 18.0 Å². The molecule has 1 aliphatic rings. The summed E-state index contributed by atoms with van der Waals surface area (Å²) in [6, 6.07) is 9.67. The van der Waals surface area contributed by atoms with Gasteiger partial charge in [-0.1, -0.05) is 29.4 Å². The number of hydrogen-bond donors (Lipinski definition) is 1. The molecule has 1 fully saturated rings. The van der Waals surface area contributed by atoms with Crippen LogP contribution in [0.5, 0.6) is 0 Å². The zero-order chi connectivity index (χ0) is 20.3. The summed E-state index contributed by atoms with van der Waals surface area (Å²) in [4.78, 5) is 26.2. The van der Waals surface area contributed by atoms with Gasteiger partial charge in [-0.3, -0.25) is 14.5 Å². The van der Waals surface area contributed by atoms with Gasteiger partial charge >= 0.3 is 0 Å². The number of nitrogens with one attached hydrogen (secondary N) is 1. The van der Waals surface area contributed by atoms with Crippen molar-refractivity contribution in [3.63, 3.8) is 0 Å². The minimum absolute atomic E-state index is 0.0881. The molecule has 28 heavy (non-hydrogen) atoms. The summed E-state index contributed by atoms with van der Waals surface area (Å²) in [6.45, 7) is 1.99. The van der Waals surface area contributed by atoms with E-state index in [1.54, 1.807) is 42.6 Å². The average molecular weight is 458 g/mol. The molecule has 2 amide bonds. The second-order valence-corrected chi connectivity index (χ2v) is 10.1. The van der Waals surface area contributed by atoms with E-state index >= 15 is 0 Å². The fourth-order valence-electron chi connectivity index (χ4n) is 2.47. The van der Waals surface area contributed by atoms with Gasteiger partial charge in [-0.05, 0) is 42.6 Å². The van der Waals surface area contributed by atoms with E-state index in [9.17, 15) is 18.0 Å². The van der Waals surface area contributed by atoms with Crippen molar-refractivity contribution >= 4 is 67.4 Å². The van der Waals surface area contributed by atoms with Crippen LogP contribution in [0.15, 0.2) is 50.4 Å². The zero-order valence-electron chi connectivity index (χ0n) is 14.7. The summed E-state index contributed by atoms with van der Waals surface area (Å²) in [5.74, 6) is -0.689. The Kier molecular flexibility index (Phi) is 6.43. The molecule has 1 N–H and O–H groups in total. The Bertz CT molecular complexity index is 1000. The highest BCUT2D eigenvalue weighted by atomic mass is 35.5. The molecule has 0 bridgehead atoms. The quantitative estimate of drug-likeness (QED) is 0.716. The molecule has 0 unspecified atom stereocenters. The third-order valence-corrected chi connectivity index (χ3v) is 7.97. The van der Waals surface area contributed by atoms with Crippen molar-refractivity contribution in [2.75, 3.05) is 11.9 Å². The third-order valence-electron chi connectivity index (χ3n) is 3.78. The summed E-state index contributed by atoms with van der Waals surface area (Å²) >= 11 is 7.86. The minimum Gasteiger partial charge on any atom is -0.326 e. The number of halogens is 1. The predicted molar refractivity (Wildman–Crippen MR) is 112 cm³/mol. The molecule has 0 aliphatic carbocycles. The van der Waals surface area contributed by atoms with E-state index in [0.717, 1.165) is 23.1 Å². The number of rotatable bonds is 6. The summed E-state index contributed by atoms with van der Waals surface area (Å²) in [5.41, 5.74) is 0.561. The minimum atomic E-state index is -3.89. The number of thiophene rings is 1. The van der Waals surface area contributed by atoms with Gasteiger partial charge in [-0.2, -0.15) is 8.42 Å². The summed E-state index contributed by atoms with van der Waals surface area (Å²) in [6.07, 6.45) is -0.0965. The smallest absolute Gasteiger partial charge is 0.294 e. The standard InChI is InChI=1S/C17H16ClN3O4S3/c1-2-21-16(23)13(10-14(22)19-12-7-5-11(18)6-8-12)27-17(21)20-28(24,25)15-4-3-9-26-15/h3-9,13H,2,10H2,1H3,(H,19,22)/t13-/m1/s1. The van der Waals surface area contributed by atoms with Crippen LogP contribution >= 0.6 is 34.7 Å². The van der Waals surface area contributed by atoms with Crippen LogP contribution in [-0.4, -0.2) is 42.1 Å². The highest BCUT2D eigenvalue weighted by molar-refractivity contribution is 8.16. The second-order valence-electron chi connectivity index (χ2n) is 5.73. The van der Waals surface area contributed by atoms with E-state index in [0.29, 0.717) is 10.7 Å². The Labute approximate surface area is 175 Å². The Balaban J connectivity index is 1.73. The molecule has 0 radical (unpaired) electrons. The molecule has 2 aromatic rings. The van der Waals surface area contributed by atoms with Crippen LogP contribution in [0.4, 0.5) is 5.69 Å². The van der Waals surface area contributed by atoms with Crippen LogP contribution in [0, 0.1) is 0 Å². The number of carbonyl (C=O) groups is 2. The molecular weight excluding hydrogens is 442 g/mol. The van der Waals surface area contributed by atoms with Gasteiger partial charge in [0.05, 0.1) is 0 Å². The number of amidine groups is 1. The van der Waals surface area contributed by atoms with E-state index in [1.807, 2.05) is 0 Å². The van der Waals surface area contributed by atoms with Crippen molar-refractivity contribution in [2.24, 2.45) is 4.40 Å². The van der Waals surface area contributed by atoms with Crippen LogP contribution in [0.3, 0.4) is 0 Å². The molecule has 1 saturated heterocycles. The van der Waals surface area contributed by atoms with Crippen molar-refractivity contribution in [3.05, 3.63) is 46.8 Å². The molecule has 0 spiro atoms. The topological polar surface area (TPSA) is 95.9 Å². The monoisotopic (exact) mass is 457 g/mol. The first-order valence-corrected chi connectivity index (χ1v) is 11.8. The van der Waals surface area contributed by atoms with Gasteiger partial charge in [0.25, 0.3) is 10.0 Å². The first-order chi connectivity index (χ1) is 13.3. The normalized spacial score (nSPS) is 18.6. The molecule has 1 atom stereocenters. The SMILES string of the molecule is CCN1C(=O)[C@@H](CC(=O)Nc2ccc(Cl)cc2)SC1=NS(=O)(=O)c1cccs1. The van der Waals surface area contributed by atoms with Gasteiger partial charge in [0.2, 0.25) is 11.8 Å². The molecule has 11 heteroatoms. The molecule has 1 aromatic heterocycles. The number of carbonyl (C=O) groups excluding carboxylic acids is 2. The number of sulfonamides is 1. The molecule has 148 valence electrons. The number of thioether (sulfide) groups is 1. The Morgan fingerprint density at radius 1 is 1.29 bits per heavy atom. The highest BCUT2D eigenvalue weighted by Crippen LogP contribution is 2.31. The van der Waals surface area contributed by atoms with Gasteiger partial charge < -0.3 is 5.32 Å². The maximum absolute atomic E-state index is 12.6. The first-order valence-electron chi connectivity index (χ1n) is 8.22. The van der Waals surface area contributed by atoms with Crippen LogP contribution in [0.25, 0.3) is 0 Å². The molecule has 7 nitrogen and oxygen atoms in total. The summed E-state index contributed by atoms with van der Waals surface area (Å²) in [5, 5.41) is 4.24. The number of hydrogen-bond acceptors (Lipinski definition) is 6. The van der Waals surface area contributed by atoms with E-state index in [4.69, 9.17) is 11.6 Å². The lowest BCUT2D eigenvalue weighted by Gasteiger charge is -2.13. The molecule has 1 aliphatic heterocycles. The van der Waals surface area contributed by atoms with E-state index in [1.165, 1.54) is 11.0 Å². The maximum atomic E-state index is 12.6. The molecule has 3 rings (SSSR count). The van der Waals surface area contributed by atoms with E-state index in [2.05, 4.69) is 9.71 Å². The fourth-order valence-corrected chi connectivity index (χ4v) is 5.99. The van der Waals surface area contributed by atoms with Crippen LogP contribution in [-0.2, 0) is 19.6 Å².